The fourth-order valence-corrected chi connectivity index (χ4v) is 3.45. The summed E-state index contributed by atoms with van der Waals surface area (Å²) in [5.74, 6) is -1.78. The lowest BCUT2D eigenvalue weighted by atomic mass is 10.2. The van der Waals surface area contributed by atoms with E-state index in [-0.39, 0.29) is 16.4 Å². The van der Waals surface area contributed by atoms with Gasteiger partial charge in [-0.15, -0.1) is 0 Å². The summed E-state index contributed by atoms with van der Waals surface area (Å²) in [5, 5.41) is 21.4. The average molecular weight is 419 g/mol. The third-order valence-corrected chi connectivity index (χ3v) is 5.24. The van der Waals surface area contributed by atoms with Crippen molar-refractivity contribution in [3.05, 3.63) is 57.5 Å². The van der Waals surface area contributed by atoms with E-state index in [4.69, 9.17) is 11.6 Å². The maximum absolute atomic E-state index is 12.5. The lowest BCUT2D eigenvalue weighted by Gasteiger charge is -2.13. The lowest BCUT2D eigenvalue weighted by molar-refractivity contribution is -0.127. The number of hydrogen-bond acceptors (Lipinski definition) is 6. The maximum atomic E-state index is 12.5. The number of nitrogens with one attached hydrogen (secondary N) is 1. The Balaban J connectivity index is 1.70. The molecule has 0 aliphatic carbocycles. The first-order valence-corrected chi connectivity index (χ1v) is 9.27. The predicted octanol–water partition coefficient (Wildman–Crippen LogP) is 3.73. The Morgan fingerprint density at radius 1 is 1.18 bits per heavy atom. The van der Waals surface area contributed by atoms with Gasteiger partial charge in [0.05, 0.1) is 4.91 Å². The van der Waals surface area contributed by atoms with Crippen LogP contribution in [0.15, 0.2) is 41.3 Å². The van der Waals surface area contributed by atoms with Gasteiger partial charge in [-0.05, 0) is 60.2 Å². The quantitative estimate of drug-likeness (QED) is 0.516. The number of benzene rings is 2. The number of carbonyl (C=O) groups excluding carboxylic acids is 3. The Hall–Kier alpha value is -2.97. The van der Waals surface area contributed by atoms with Gasteiger partial charge in [0, 0.05) is 10.7 Å². The van der Waals surface area contributed by atoms with Crippen LogP contribution in [0.25, 0.3) is 6.08 Å². The van der Waals surface area contributed by atoms with Crippen molar-refractivity contribution in [2.75, 3.05) is 11.9 Å². The van der Waals surface area contributed by atoms with Crippen LogP contribution >= 0.6 is 23.4 Å². The highest BCUT2D eigenvalue weighted by atomic mass is 35.5. The van der Waals surface area contributed by atoms with Gasteiger partial charge >= 0.3 is 0 Å². The molecule has 3 amide bonds. The zero-order valence-corrected chi connectivity index (χ0v) is 16.2. The van der Waals surface area contributed by atoms with Crippen molar-refractivity contribution >= 4 is 52.2 Å². The zero-order valence-electron chi connectivity index (χ0n) is 14.6. The number of anilines is 1. The van der Waals surface area contributed by atoms with E-state index in [9.17, 15) is 24.6 Å². The van der Waals surface area contributed by atoms with Gasteiger partial charge in [-0.25, -0.2) is 0 Å². The Morgan fingerprint density at radius 3 is 2.61 bits per heavy atom. The first-order chi connectivity index (χ1) is 13.2. The van der Waals surface area contributed by atoms with Crippen molar-refractivity contribution in [1.82, 2.24) is 4.90 Å². The Kier molecular flexibility index (Phi) is 5.62. The number of halogens is 1. The van der Waals surface area contributed by atoms with Gasteiger partial charge in [0.2, 0.25) is 5.91 Å². The van der Waals surface area contributed by atoms with Crippen molar-refractivity contribution in [3.8, 4) is 11.5 Å². The van der Waals surface area contributed by atoms with Crippen LogP contribution in [0.1, 0.15) is 11.1 Å². The number of carbonyl (C=O) groups is 3. The molecule has 1 fully saturated rings. The van der Waals surface area contributed by atoms with Crippen LogP contribution in [0.5, 0.6) is 11.5 Å². The van der Waals surface area contributed by atoms with Gasteiger partial charge in [0.15, 0.2) is 11.5 Å². The fourth-order valence-electron chi connectivity index (χ4n) is 2.43. The second-order valence-corrected chi connectivity index (χ2v) is 7.43. The van der Waals surface area contributed by atoms with E-state index in [1.54, 1.807) is 18.2 Å². The number of nitrogens with zero attached hydrogens (tertiary/aromatic N) is 1. The SMILES string of the molecule is Cc1ccc(NC(=O)CN2C(=O)S/C(=C/c3ccc(O)c(O)c3)C2=O)cc1Cl. The number of thioether (sulfide) groups is 1. The van der Waals surface area contributed by atoms with Crippen LogP contribution in [-0.4, -0.2) is 38.7 Å². The number of rotatable bonds is 4. The van der Waals surface area contributed by atoms with Crippen LogP contribution < -0.4 is 5.32 Å². The minimum absolute atomic E-state index is 0.112. The maximum Gasteiger partial charge on any atom is 0.294 e. The fraction of sp³-hybridized carbons (Fsp3) is 0.105. The number of hydrogen-bond donors (Lipinski definition) is 3. The van der Waals surface area contributed by atoms with Crippen molar-refractivity contribution in [2.24, 2.45) is 0 Å². The molecule has 1 heterocycles. The molecule has 0 radical (unpaired) electrons. The normalized spacial score (nSPS) is 15.4. The van der Waals surface area contributed by atoms with Crippen LogP contribution in [0.2, 0.25) is 5.02 Å². The molecule has 0 saturated carbocycles. The molecular weight excluding hydrogens is 404 g/mol. The van der Waals surface area contributed by atoms with Crippen LogP contribution in [0.4, 0.5) is 10.5 Å². The summed E-state index contributed by atoms with van der Waals surface area (Å²) in [6.45, 7) is 1.39. The number of aromatic hydroxyl groups is 2. The minimum Gasteiger partial charge on any atom is -0.504 e. The van der Waals surface area contributed by atoms with E-state index >= 15 is 0 Å². The summed E-state index contributed by atoms with van der Waals surface area (Å²) in [6, 6.07) is 9.01. The average Bonchev–Trinajstić information content (AvgIpc) is 2.89. The topological polar surface area (TPSA) is 107 Å². The molecule has 9 heteroatoms. The second-order valence-electron chi connectivity index (χ2n) is 6.03. The molecule has 2 aromatic rings. The van der Waals surface area contributed by atoms with Gasteiger partial charge in [-0.2, -0.15) is 0 Å². The van der Waals surface area contributed by atoms with Crippen molar-refractivity contribution < 1.29 is 24.6 Å². The van der Waals surface area contributed by atoms with Gasteiger partial charge in [0.1, 0.15) is 6.54 Å². The molecule has 7 nitrogen and oxygen atoms in total. The molecule has 0 aromatic heterocycles. The molecule has 0 atom stereocenters. The summed E-state index contributed by atoms with van der Waals surface area (Å²) in [5.41, 5.74) is 1.75. The van der Waals surface area contributed by atoms with E-state index in [0.717, 1.165) is 10.5 Å². The van der Waals surface area contributed by atoms with Gasteiger partial charge < -0.3 is 15.5 Å². The van der Waals surface area contributed by atoms with Gasteiger partial charge in [-0.1, -0.05) is 23.7 Å². The molecule has 1 aliphatic rings. The molecule has 3 N–H and O–H groups in total. The molecule has 0 unspecified atom stereocenters. The molecule has 144 valence electrons. The molecule has 1 saturated heterocycles. The Labute approximate surface area is 169 Å². The van der Waals surface area contributed by atoms with Crippen molar-refractivity contribution in [2.45, 2.75) is 6.92 Å². The van der Waals surface area contributed by atoms with Crippen LogP contribution in [0, 0.1) is 6.92 Å². The number of imide groups is 1. The first-order valence-electron chi connectivity index (χ1n) is 8.08. The van der Waals surface area contributed by atoms with Crippen LogP contribution in [-0.2, 0) is 9.59 Å². The van der Waals surface area contributed by atoms with E-state index in [1.165, 1.54) is 24.3 Å². The molecule has 2 aromatic carbocycles. The first kappa shape index (κ1) is 19.8. The smallest absolute Gasteiger partial charge is 0.294 e. The summed E-state index contributed by atoms with van der Waals surface area (Å²) in [6.07, 6.45) is 1.40. The monoisotopic (exact) mass is 418 g/mol. The number of phenolic OH excluding ortho intramolecular Hbond substituents is 2. The zero-order chi connectivity index (χ0) is 20.4. The summed E-state index contributed by atoms with van der Waals surface area (Å²) in [7, 11) is 0. The Morgan fingerprint density at radius 2 is 1.93 bits per heavy atom. The van der Waals surface area contributed by atoms with E-state index in [0.29, 0.717) is 28.0 Å². The number of aryl methyl sites for hydroxylation is 1. The minimum atomic E-state index is -0.611. The summed E-state index contributed by atoms with van der Waals surface area (Å²) < 4.78 is 0. The summed E-state index contributed by atoms with van der Waals surface area (Å²) in [4.78, 5) is 37.8. The number of phenols is 2. The molecule has 28 heavy (non-hydrogen) atoms. The third kappa shape index (κ3) is 4.29. The van der Waals surface area contributed by atoms with E-state index in [2.05, 4.69) is 5.32 Å². The molecular formula is C19H15ClN2O5S. The second kappa shape index (κ2) is 7.95. The van der Waals surface area contributed by atoms with Crippen molar-refractivity contribution in [3.63, 3.8) is 0 Å². The number of amides is 3. The highest BCUT2D eigenvalue weighted by Gasteiger charge is 2.36. The molecule has 0 spiro atoms. The summed E-state index contributed by atoms with van der Waals surface area (Å²) >= 11 is 6.71. The largest absolute Gasteiger partial charge is 0.504 e. The molecule has 3 rings (SSSR count). The van der Waals surface area contributed by atoms with Gasteiger partial charge in [0.25, 0.3) is 11.1 Å². The standard InChI is InChI=1S/C19H15ClN2O5S/c1-10-2-4-12(8-13(10)20)21-17(25)9-22-18(26)16(28-19(22)27)7-11-3-5-14(23)15(24)6-11/h2-8,23-24H,9H2,1H3,(H,21,25)/b16-7+. The third-order valence-electron chi connectivity index (χ3n) is 3.93. The van der Waals surface area contributed by atoms with Gasteiger partial charge in [-0.3, -0.25) is 19.3 Å². The van der Waals surface area contributed by atoms with Crippen LogP contribution in [0.3, 0.4) is 0 Å². The van der Waals surface area contributed by atoms with E-state index < -0.39 is 23.6 Å². The molecule has 0 bridgehead atoms. The molecule has 1 aliphatic heterocycles. The Bertz CT molecular complexity index is 1020. The lowest BCUT2D eigenvalue weighted by Crippen LogP contribution is -2.36. The van der Waals surface area contributed by atoms with Crippen molar-refractivity contribution in [1.29, 1.82) is 0 Å². The van der Waals surface area contributed by atoms with E-state index in [1.807, 2.05) is 6.92 Å². The highest BCUT2D eigenvalue weighted by molar-refractivity contribution is 8.18. The predicted molar refractivity (Wildman–Crippen MR) is 107 cm³/mol. The highest BCUT2D eigenvalue weighted by Crippen LogP contribution is 2.33.